The molecule has 0 radical (unpaired) electrons. The van der Waals surface area contributed by atoms with Crippen molar-refractivity contribution < 1.29 is 9.90 Å². The van der Waals surface area contributed by atoms with Gasteiger partial charge in [0, 0.05) is 15.1 Å². The normalized spacial score (nSPS) is 10.8. The molecule has 2 aromatic heterocycles. The van der Waals surface area contributed by atoms with Crippen LogP contribution in [0.2, 0.25) is 0 Å². The average molecular weight is 289 g/mol. The number of nitrogens with one attached hydrogen (secondary N) is 1. The van der Waals surface area contributed by atoms with E-state index in [0.29, 0.717) is 10.6 Å². The summed E-state index contributed by atoms with van der Waals surface area (Å²) in [5, 5.41) is 13.9. The number of benzene rings is 1. The van der Waals surface area contributed by atoms with Gasteiger partial charge in [0.05, 0.1) is 11.5 Å². The molecule has 0 aliphatic rings. The number of fused-ring (bicyclic) bond motifs is 1. The predicted octanol–water partition coefficient (Wildman–Crippen LogP) is 3.71. The van der Waals surface area contributed by atoms with Crippen molar-refractivity contribution in [2.45, 2.75) is 6.61 Å². The monoisotopic (exact) mass is 289 g/mol. The van der Waals surface area contributed by atoms with E-state index in [2.05, 4.69) is 5.32 Å². The fourth-order valence-corrected chi connectivity index (χ4v) is 3.82. The van der Waals surface area contributed by atoms with E-state index in [1.54, 1.807) is 17.4 Å². The van der Waals surface area contributed by atoms with Crippen molar-refractivity contribution in [2.75, 3.05) is 5.32 Å². The second kappa shape index (κ2) is 5.13. The summed E-state index contributed by atoms with van der Waals surface area (Å²) < 4.78 is 2.28. The third kappa shape index (κ3) is 2.53. The molecule has 0 aliphatic carbocycles. The number of rotatable bonds is 3. The molecule has 1 aromatic carbocycles. The molecule has 0 saturated carbocycles. The number of hydrogen-bond donors (Lipinski definition) is 2. The van der Waals surface area contributed by atoms with Gasteiger partial charge in [-0.05, 0) is 35.2 Å². The van der Waals surface area contributed by atoms with Crippen LogP contribution in [0, 0.1) is 0 Å². The molecule has 2 heterocycles. The molecule has 3 nitrogen and oxygen atoms in total. The number of thiophene rings is 2. The van der Waals surface area contributed by atoms with E-state index < -0.39 is 0 Å². The zero-order chi connectivity index (χ0) is 13.2. The van der Waals surface area contributed by atoms with Crippen LogP contribution in [-0.4, -0.2) is 11.0 Å². The van der Waals surface area contributed by atoms with E-state index in [1.807, 2.05) is 35.7 Å². The highest BCUT2D eigenvalue weighted by Gasteiger charge is 2.11. The molecule has 0 aliphatic heterocycles. The van der Waals surface area contributed by atoms with Gasteiger partial charge in [0.2, 0.25) is 0 Å². The van der Waals surface area contributed by atoms with Crippen molar-refractivity contribution in [3.63, 3.8) is 0 Å². The molecule has 5 heteroatoms. The molecule has 0 atom stereocenters. The molecular weight excluding hydrogens is 278 g/mol. The van der Waals surface area contributed by atoms with E-state index in [0.717, 1.165) is 15.0 Å². The van der Waals surface area contributed by atoms with Gasteiger partial charge >= 0.3 is 0 Å². The van der Waals surface area contributed by atoms with Crippen molar-refractivity contribution in [2.24, 2.45) is 0 Å². The lowest BCUT2D eigenvalue weighted by atomic mass is 10.2. The second-order valence-electron chi connectivity index (χ2n) is 4.07. The predicted molar refractivity (Wildman–Crippen MR) is 80.0 cm³/mol. The smallest absolute Gasteiger partial charge is 0.265 e. The highest BCUT2D eigenvalue weighted by Crippen LogP contribution is 2.30. The maximum atomic E-state index is 12.1. The van der Waals surface area contributed by atoms with Crippen LogP contribution >= 0.6 is 22.7 Å². The fourth-order valence-electron chi connectivity index (χ4n) is 1.82. The Morgan fingerprint density at radius 1 is 1.21 bits per heavy atom. The summed E-state index contributed by atoms with van der Waals surface area (Å²) in [6.45, 7) is -0.0293. The summed E-state index contributed by atoms with van der Waals surface area (Å²) in [6, 6.07) is 11.1. The molecule has 96 valence electrons. The van der Waals surface area contributed by atoms with Crippen molar-refractivity contribution in [3.05, 3.63) is 52.2 Å². The van der Waals surface area contributed by atoms with Crippen molar-refractivity contribution in [3.8, 4) is 0 Å². The van der Waals surface area contributed by atoms with Gasteiger partial charge < -0.3 is 10.4 Å². The standard InChI is InChI=1S/C14H11NO2S2/c16-8-9-2-1-3-10(6-9)15-14(17)13-7-12-11(19-13)4-5-18-12/h1-7,16H,8H2,(H,15,17). The minimum Gasteiger partial charge on any atom is -0.392 e. The van der Waals surface area contributed by atoms with Gasteiger partial charge in [-0.1, -0.05) is 12.1 Å². The Bertz CT molecular complexity index is 701. The first kappa shape index (κ1) is 12.3. The zero-order valence-electron chi connectivity index (χ0n) is 9.92. The Kier molecular flexibility index (Phi) is 3.33. The van der Waals surface area contributed by atoms with E-state index in [1.165, 1.54) is 11.3 Å². The van der Waals surface area contributed by atoms with E-state index in [9.17, 15) is 4.79 Å². The topological polar surface area (TPSA) is 49.3 Å². The number of anilines is 1. The summed E-state index contributed by atoms with van der Waals surface area (Å²) in [6.07, 6.45) is 0. The lowest BCUT2D eigenvalue weighted by Gasteiger charge is -2.04. The van der Waals surface area contributed by atoms with Gasteiger partial charge in [0.1, 0.15) is 0 Å². The van der Waals surface area contributed by atoms with Gasteiger partial charge in [-0.25, -0.2) is 0 Å². The summed E-state index contributed by atoms with van der Waals surface area (Å²) >= 11 is 3.13. The molecule has 3 aromatic rings. The van der Waals surface area contributed by atoms with Gasteiger partial charge in [0.25, 0.3) is 5.91 Å². The first-order valence-corrected chi connectivity index (χ1v) is 7.44. The molecule has 1 amide bonds. The number of aliphatic hydroxyl groups excluding tert-OH is 1. The summed E-state index contributed by atoms with van der Waals surface area (Å²) in [4.78, 5) is 12.8. The number of amides is 1. The maximum Gasteiger partial charge on any atom is 0.265 e. The van der Waals surface area contributed by atoms with Crippen LogP contribution in [0.4, 0.5) is 5.69 Å². The zero-order valence-corrected chi connectivity index (χ0v) is 11.6. The summed E-state index contributed by atoms with van der Waals surface area (Å²) in [5.41, 5.74) is 1.48. The molecule has 3 rings (SSSR count). The highest BCUT2D eigenvalue weighted by molar-refractivity contribution is 7.27. The van der Waals surface area contributed by atoms with Gasteiger partial charge in [-0.15, -0.1) is 22.7 Å². The Labute approximate surface area is 118 Å². The minimum absolute atomic E-state index is 0.0293. The Balaban J connectivity index is 1.82. The fraction of sp³-hybridized carbons (Fsp3) is 0.0714. The SMILES string of the molecule is O=C(Nc1cccc(CO)c1)c1cc2sccc2s1. The van der Waals surface area contributed by atoms with Crippen LogP contribution in [0.25, 0.3) is 9.40 Å². The van der Waals surface area contributed by atoms with Crippen LogP contribution in [0.1, 0.15) is 15.2 Å². The van der Waals surface area contributed by atoms with Crippen LogP contribution in [0.15, 0.2) is 41.8 Å². The number of hydrogen-bond acceptors (Lipinski definition) is 4. The molecular formula is C14H11NO2S2. The maximum absolute atomic E-state index is 12.1. The Morgan fingerprint density at radius 3 is 2.89 bits per heavy atom. The van der Waals surface area contributed by atoms with E-state index in [-0.39, 0.29) is 12.5 Å². The first-order chi connectivity index (χ1) is 9.26. The first-order valence-electron chi connectivity index (χ1n) is 5.74. The van der Waals surface area contributed by atoms with Crippen molar-refractivity contribution >= 4 is 43.7 Å². The Hall–Kier alpha value is -1.69. The number of aliphatic hydroxyl groups is 1. The minimum atomic E-state index is -0.108. The lowest BCUT2D eigenvalue weighted by molar-refractivity contribution is 0.103. The van der Waals surface area contributed by atoms with E-state index in [4.69, 9.17) is 5.11 Å². The third-order valence-electron chi connectivity index (χ3n) is 2.73. The molecule has 2 N–H and O–H groups in total. The van der Waals surface area contributed by atoms with Gasteiger partial charge in [0.15, 0.2) is 0 Å². The van der Waals surface area contributed by atoms with Crippen molar-refractivity contribution in [1.29, 1.82) is 0 Å². The molecule has 0 bridgehead atoms. The summed E-state index contributed by atoms with van der Waals surface area (Å²) in [5.74, 6) is -0.108. The molecule has 0 fully saturated rings. The van der Waals surface area contributed by atoms with Gasteiger partial charge in [-0.2, -0.15) is 0 Å². The van der Waals surface area contributed by atoms with Crippen LogP contribution in [0.5, 0.6) is 0 Å². The molecule has 0 spiro atoms. The van der Waals surface area contributed by atoms with Crippen LogP contribution < -0.4 is 5.32 Å². The lowest BCUT2D eigenvalue weighted by Crippen LogP contribution is -2.10. The van der Waals surface area contributed by atoms with Crippen LogP contribution in [-0.2, 0) is 6.61 Å². The average Bonchev–Trinajstić information content (AvgIpc) is 2.99. The third-order valence-corrected chi connectivity index (χ3v) is 4.82. The second-order valence-corrected chi connectivity index (χ2v) is 6.10. The van der Waals surface area contributed by atoms with E-state index >= 15 is 0 Å². The highest BCUT2D eigenvalue weighted by atomic mass is 32.1. The summed E-state index contributed by atoms with van der Waals surface area (Å²) in [7, 11) is 0. The van der Waals surface area contributed by atoms with Crippen molar-refractivity contribution in [1.82, 2.24) is 0 Å². The largest absolute Gasteiger partial charge is 0.392 e. The molecule has 0 unspecified atom stereocenters. The number of carbonyl (C=O) groups excluding carboxylic acids is 1. The molecule has 0 saturated heterocycles. The molecule has 19 heavy (non-hydrogen) atoms. The van der Waals surface area contributed by atoms with Gasteiger partial charge in [-0.3, -0.25) is 4.79 Å². The number of carbonyl (C=O) groups is 1. The van der Waals surface area contributed by atoms with Crippen LogP contribution in [0.3, 0.4) is 0 Å². The quantitative estimate of drug-likeness (QED) is 0.772. The Morgan fingerprint density at radius 2 is 2.11 bits per heavy atom.